The number of furan rings is 1. The largest absolute Gasteiger partial charge is 0.486 e. The Bertz CT molecular complexity index is 3120. The van der Waals surface area contributed by atoms with Gasteiger partial charge in [-0.1, -0.05) is 88.9 Å². The summed E-state index contributed by atoms with van der Waals surface area (Å²) in [5.41, 5.74) is 16.4. The van der Waals surface area contributed by atoms with Crippen molar-refractivity contribution in [1.82, 2.24) is 24.5 Å². The Morgan fingerprint density at radius 1 is 0.734 bits per heavy atom. The summed E-state index contributed by atoms with van der Waals surface area (Å²) < 4.78 is 10.4. The van der Waals surface area contributed by atoms with Crippen molar-refractivity contribution in [1.29, 1.82) is 0 Å². The van der Waals surface area contributed by atoms with Crippen LogP contribution in [0.4, 0.5) is 0 Å². The van der Waals surface area contributed by atoms with Gasteiger partial charge in [0.25, 0.3) is 0 Å². The third-order valence-electron chi connectivity index (χ3n) is 12.1. The molecule has 0 saturated heterocycles. The quantitative estimate of drug-likeness (QED) is 0.117. The van der Waals surface area contributed by atoms with Gasteiger partial charge in [-0.3, -0.25) is 9.97 Å². The predicted molar refractivity (Wildman–Crippen MR) is 266 cm³/mol. The number of rotatable bonds is 7. The van der Waals surface area contributed by atoms with Crippen LogP contribution in [-0.4, -0.2) is 37.8 Å². The molecular formula is C56H59GeIrN5O-2. The molecule has 0 fully saturated rings. The predicted octanol–water partition coefficient (Wildman–Crippen LogP) is 14.4. The van der Waals surface area contributed by atoms with Crippen molar-refractivity contribution in [3.05, 3.63) is 155 Å². The van der Waals surface area contributed by atoms with E-state index in [1.165, 1.54) is 26.6 Å². The van der Waals surface area contributed by atoms with Gasteiger partial charge in [0.1, 0.15) is 0 Å². The average Bonchev–Trinajstić information content (AvgIpc) is 3.82. The molecule has 9 rings (SSSR count). The molecule has 8 heteroatoms. The van der Waals surface area contributed by atoms with Gasteiger partial charge >= 0.3 is 119 Å². The van der Waals surface area contributed by atoms with Gasteiger partial charge in [0.2, 0.25) is 5.71 Å². The van der Waals surface area contributed by atoms with Gasteiger partial charge < -0.3 is 8.98 Å². The van der Waals surface area contributed by atoms with Crippen LogP contribution in [0.15, 0.2) is 114 Å². The van der Waals surface area contributed by atoms with Crippen LogP contribution in [0.1, 0.15) is 93.9 Å². The molecule has 0 aliphatic carbocycles. The van der Waals surface area contributed by atoms with Gasteiger partial charge in [-0.25, -0.2) is 4.98 Å². The van der Waals surface area contributed by atoms with Gasteiger partial charge in [0, 0.05) is 42.6 Å². The summed E-state index contributed by atoms with van der Waals surface area (Å²) in [6.07, 6.45) is 4.02. The molecule has 5 aromatic heterocycles. The van der Waals surface area contributed by atoms with Crippen molar-refractivity contribution in [2.75, 3.05) is 0 Å². The zero-order chi connectivity index (χ0) is 45.0. The van der Waals surface area contributed by atoms with Crippen LogP contribution in [0.5, 0.6) is 0 Å². The van der Waals surface area contributed by atoms with Crippen molar-refractivity contribution >= 4 is 50.8 Å². The molecule has 0 aliphatic heterocycles. The van der Waals surface area contributed by atoms with Crippen LogP contribution in [-0.2, 0) is 25.5 Å². The van der Waals surface area contributed by atoms with E-state index in [4.69, 9.17) is 19.4 Å². The van der Waals surface area contributed by atoms with Crippen LogP contribution in [0.3, 0.4) is 0 Å². The number of hydrogen-bond acceptors (Lipinski definition) is 5. The number of hydrogen-bond donors (Lipinski definition) is 0. The second kappa shape index (κ2) is 18.3. The summed E-state index contributed by atoms with van der Waals surface area (Å²) in [6.45, 7) is 21.9. The molecular weight excluding hydrogens is 1020 g/mol. The Labute approximate surface area is 395 Å². The smallest absolute Gasteiger partial charge is 0.216 e. The topological polar surface area (TPSA) is 69.6 Å². The van der Waals surface area contributed by atoms with Crippen LogP contribution >= 0.6 is 0 Å². The summed E-state index contributed by atoms with van der Waals surface area (Å²) in [5, 5.41) is 2.07. The molecule has 0 atom stereocenters. The normalized spacial score (nSPS) is 12.0. The van der Waals surface area contributed by atoms with Crippen molar-refractivity contribution in [3.63, 3.8) is 0 Å². The third-order valence-corrected chi connectivity index (χ3v) is 16.3. The van der Waals surface area contributed by atoms with E-state index in [9.17, 15) is 0 Å². The number of pyridine rings is 3. The first kappa shape index (κ1) is 46.8. The third kappa shape index (κ3) is 9.18. The van der Waals surface area contributed by atoms with Crippen LogP contribution in [0.25, 0.3) is 72.6 Å². The van der Waals surface area contributed by atoms with Crippen molar-refractivity contribution in [2.24, 2.45) is 0 Å². The Balaban J connectivity index is 0.000000258. The number of aryl methyl sites for hydroxylation is 3. The Morgan fingerprint density at radius 3 is 2.12 bits per heavy atom. The maximum absolute atomic E-state index is 6.57. The van der Waals surface area contributed by atoms with Crippen molar-refractivity contribution in [2.45, 2.75) is 104 Å². The van der Waals surface area contributed by atoms with E-state index in [-0.39, 0.29) is 31.4 Å². The van der Waals surface area contributed by atoms with E-state index in [1.807, 2.05) is 37.4 Å². The monoisotopic (exact) mass is 1080 g/mol. The molecule has 0 unspecified atom stereocenters. The summed E-state index contributed by atoms with van der Waals surface area (Å²) in [6, 6.07) is 40.9. The molecule has 1 radical (unpaired) electrons. The molecule has 0 amide bonds. The van der Waals surface area contributed by atoms with Gasteiger partial charge in [-0.2, -0.15) is 0 Å². The van der Waals surface area contributed by atoms with Crippen LogP contribution < -0.4 is 4.40 Å². The molecule has 0 aliphatic rings. The number of aromatic nitrogens is 5. The molecule has 0 bridgehead atoms. The summed E-state index contributed by atoms with van der Waals surface area (Å²) in [5.74, 6) is 8.88. The molecule has 329 valence electrons. The molecule has 0 N–H and O–H groups in total. The van der Waals surface area contributed by atoms with E-state index >= 15 is 0 Å². The Morgan fingerprint density at radius 2 is 1.47 bits per heavy atom. The number of imidazole rings is 1. The Kier molecular flexibility index (Phi) is 13.4. The maximum atomic E-state index is 6.57. The zero-order valence-corrected chi connectivity index (χ0v) is 44.0. The molecule has 9 aromatic rings. The van der Waals surface area contributed by atoms with Gasteiger partial charge in [-0.15, -0.1) is 17.7 Å². The van der Waals surface area contributed by atoms with Crippen LogP contribution in [0.2, 0.25) is 17.3 Å². The van der Waals surface area contributed by atoms with Crippen LogP contribution in [0, 0.1) is 32.9 Å². The van der Waals surface area contributed by atoms with Gasteiger partial charge in [-0.05, 0) is 71.7 Å². The average molecular weight is 1080 g/mol. The van der Waals surface area contributed by atoms with E-state index < -0.39 is 13.3 Å². The van der Waals surface area contributed by atoms with E-state index in [2.05, 4.69) is 180 Å². The summed E-state index contributed by atoms with van der Waals surface area (Å²) in [4.78, 5) is 19.5. The fourth-order valence-corrected chi connectivity index (χ4v) is 11.9. The van der Waals surface area contributed by atoms with Gasteiger partial charge in [0.05, 0.1) is 28.6 Å². The number of nitrogens with zero attached hydrogens (tertiary/aromatic N) is 5. The molecule has 0 saturated carbocycles. The second-order valence-electron chi connectivity index (χ2n) is 19.6. The number of fused-ring (bicyclic) bond motifs is 4. The summed E-state index contributed by atoms with van der Waals surface area (Å²) in [7, 11) is 0. The Hall–Kier alpha value is -5.21. The minimum Gasteiger partial charge on any atom is -0.486 e. The molecule has 64 heavy (non-hydrogen) atoms. The minimum absolute atomic E-state index is 0. The first-order chi connectivity index (χ1) is 29.9. The fourth-order valence-electron chi connectivity index (χ4n) is 8.40. The standard InChI is InChI=1S/C39H37N4O.C17H22GeN.Ir/c1-22(2)31-20-34-32(21-40-31)42-37(28-16-14-23(3)35-29-18-24(4)25(5)41-38(29)44-36(28)35)43(34)33-17-15-27(19-30(33)39(6,7)8)26-12-10-9-11-13-26;1-13(2)15-11-17(14-9-7-6-8-10-14)19-12-16(15)18(3,4)5;/h9-15,17-22H,1-8H3;6-9,11-13H,1-5H3;/q2*-1;. The molecule has 5 heterocycles. The van der Waals surface area contributed by atoms with Crippen molar-refractivity contribution in [3.8, 4) is 39.5 Å². The second-order valence-corrected chi connectivity index (χ2v) is 30.2. The zero-order valence-electron chi connectivity index (χ0n) is 39.5. The molecule has 0 spiro atoms. The maximum Gasteiger partial charge on any atom is 0.216 e. The summed E-state index contributed by atoms with van der Waals surface area (Å²) >= 11 is -1.85. The molecule has 4 aromatic carbocycles. The van der Waals surface area contributed by atoms with Crippen molar-refractivity contribution < 1.29 is 24.5 Å². The number of benzene rings is 4. The SMILES string of the molecule is CC(C)c1cc(-c2[c-]cccc2)nc[c]1[Ge]([CH3])([CH3])[CH3].Cc1cc2c(nc1C)oc1c(-c3nc4cnc(C(C)C)cc4n3-c3ccc(-c4ccccc4)cc3C(C)(C)C)[c-]cc(C)c12.[Ir]. The first-order valence-electron chi connectivity index (χ1n) is 22.2. The first-order valence-corrected chi connectivity index (χ1v) is 29.5. The van der Waals surface area contributed by atoms with E-state index in [0.717, 1.165) is 78.2 Å². The molecule has 6 nitrogen and oxygen atoms in total. The minimum atomic E-state index is -1.85. The fraction of sp³-hybridized carbons (Fsp3) is 0.286. The van der Waals surface area contributed by atoms with E-state index in [1.54, 1.807) is 0 Å². The van der Waals surface area contributed by atoms with Gasteiger partial charge in [0.15, 0.2) is 0 Å². The van der Waals surface area contributed by atoms with E-state index in [0.29, 0.717) is 11.6 Å².